The molecule has 0 aliphatic rings. The molecule has 7 nitrogen and oxygen atoms in total. The Morgan fingerprint density at radius 1 is 1.35 bits per heavy atom. The summed E-state index contributed by atoms with van der Waals surface area (Å²) in [6, 6.07) is 3.95. The standard InChI is InChI=1S/C16H20N6O/c1-16(2,3)12-10-22-14(20-21-15(22)23)13(19-12)18-8-6-11-5-4-7-17-9-11/h4-5,7,9-10H,6,8H2,1-3H3,(H,18,19)(H,21,23). The molecule has 3 aromatic rings. The number of fused-ring (bicyclic) bond motifs is 1. The van der Waals surface area contributed by atoms with Gasteiger partial charge in [-0.15, -0.1) is 5.10 Å². The number of nitrogens with zero attached hydrogens (tertiary/aromatic N) is 4. The second-order valence-corrected chi connectivity index (χ2v) is 6.49. The lowest BCUT2D eigenvalue weighted by atomic mass is 9.93. The molecule has 0 spiro atoms. The zero-order valence-corrected chi connectivity index (χ0v) is 13.5. The van der Waals surface area contributed by atoms with Crippen LogP contribution in [0.25, 0.3) is 5.65 Å². The van der Waals surface area contributed by atoms with Crippen LogP contribution in [0.5, 0.6) is 0 Å². The molecule has 120 valence electrons. The van der Waals surface area contributed by atoms with E-state index in [9.17, 15) is 4.79 Å². The van der Waals surface area contributed by atoms with E-state index in [2.05, 4.69) is 46.3 Å². The third-order valence-electron chi connectivity index (χ3n) is 3.60. The van der Waals surface area contributed by atoms with E-state index in [0.29, 0.717) is 18.0 Å². The van der Waals surface area contributed by atoms with Gasteiger partial charge in [-0.05, 0) is 18.1 Å². The fraction of sp³-hybridized carbons (Fsp3) is 0.375. The van der Waals surface area contributed by atoms with Gasteiger partial charge in [0.15, 0.2) is 5.82 Å². The molecule has 0 aliphatic carbocycles. The van der Waals surface area contributed by atoms with E-state index < -0.39 is 0 Å². The minimum absolute atomic E-state index is 0.162. The lowest BCUT2D eigenvalue weighted by molar-refractivity contribution is 0.565. The zero-order chi connectivity index (χ0) is 16.4. The molecular formula is C16H20N6O. The molecule has 0 aliphatic heterocycles. The van der Waals surface area contributed by atoms with Crippen LogP contribution in [-0.4, -0.2) is 31.1 Å². The van der Waals surface area contributed by atoms with Crippen molar-refractivity contribution in [3.8, 4) is 0 Å². The predicted octanol–water partition coefficient (Wildman–Crippen LogP) is 1.76. The summed E-state index contributed by atoms with van der Waals surface area (Å²) in [6.45, 7) is 6.87. The number of aromatic nitrogens is 5. The van der Waals surface area contributed by atoms with Crippen molar-refractivity contribution >= 4 is 11.5 Å². The Morgan fingerprint density at radius 2 is 2.17 bits per heavy atom. The van der Waals surface area contributed by atoms with Gasteiger partial charge in [0.05, 0.1) is 5.69 Å². The highest BCUT2D eigenvalue weighted by Gasteiger charge is 2.19. The maximum Gasteiger partial charge on any atom is 0.347 e. The van der Waals surface area contributed by atoms with Crippen molar-refractivity contribution in [1.82, 2.24) is 24.6 Å². The molecular weight excluding hydrogens is 292 g/mol. The molecule has 3 aromatic heterocycles. The van der Waals surface area contributed by atoms with Crippen molar-refractivity contribution in [1.29, 1.82) is 0 Å². The van der Waals surface area contributed by atoms with Gasteiger partial charge in [-0.3, -0.25) is 4.98 Å². The quantitative estimate of drug-likeness (QED) is 0.766. The maximum atomic E-state index is 11.9. The minimum atomic E-state index is -0.261. The molecule has 3 heterocycles. The van der Waals surface area contributed by atoms with Gasteiger partial charge < -0.3 is 5.32 Å². The van der Waals surface area contributed by atoms with Crippen molar-refractivity contribution in [2.24, 2.45) is 0 Å². The monoisotopic (exact) mass is 312 g/mol. The lowest BCUT2D eigenvalue weighted by Gasteiger charge is -2.19. The molecule has 0 fully saturated rings. The zero-order valence-electron chi connectivity index (χ0n) is 13.5. The van der Waals surface area contributed by atoms with E-state index >= 15 is 0 Å². The highest BCUT2D eigenvalue weighted by atomic mass is 16.1. The van der Waals surface area contributed by atoms with E-state index in [0.717, 1.165) is 17.7 Å². The van der Waals surface area contributed by atoms with E-state index in [-0.39, 0.29) is 11.1 Å². The van der Waals surface area contributed by atoms with Crippen molar-refractivity contribution < 1.29 is 0 Å². The second kappa shape index (κ2) is 5.83. The molecule has 23 heavy (non-hydrogen) atoms. The van der Waals surface area contributed by atoms with Gasteiger partial charge in [0.25, 0.3) is 0 Å². The molecule has 0 radical (unpaired) electrons. The lowest BCUT2D eigenvalue weighted by Crippen LogP contribution is -2.20. The summed E-state index contributed by atoms with van der Waals surface area (Å²) in [4.78, 5) is 20.6. The van der Waals surface area contributed by atoms with Crippen molar-refractivity contribution in [3.63, 3.8) is 0 Å². The van der Waals surface area contributed by atoms with Gasteiger partial charge in [-0.25, -0.2) is 19.3 Å². The molecule has 0 bridgehead atoms. The van der Waals surface area contributed by atoms with E-state index in [4.69, 9.17) is 0 Å². The smallest absolute Gasteiger partial charge is 0.347 e. The summed E-state index contributed by atoms with van der Waals surface area (Å²) < 4.78 is 1.50. The van der Waals surface area contributed by atoms with Crippen molar-refractivity contribution in [3.05, 3.63) is 52.5 Å². The van der Waals surface area contributed by atoms with Crippen molar-refractivity contribution in [2.75, 3.05) is 11.9 Å². The molecule has 0 amide bonds. The number of H-pyrrole nitrogens is 1. The van der Waals surface area contributed by atoms with Crippen LogP contribution in [0.4, 0.5) is 5.82 Å². The Bertz CT molecular complexity index is 860. The largest absolute Gasteiger partial charge is 0.367 e. The number of hydrogen-bond acceptors (Lipinski definition) is 5. The van der Waals surface area contributed by atoms with Gasteiger partial charge in [-0.2, -0.15) is 0 Å². The summed E-state index contributed by atoms with van der Waals surface area (Å²) in [5, 5.41) is 9.81. The van der Waals surface area contributed by atoms with E-state index in [1.165, 1.54) is 4.40 Å². The highest BCUT2D eigenvalue weighted by Crippen LogP contribution is 2.22. The third-order valence-corrected chi connectivity index (χ3v) is 3.60. The first kappa shape index (κ1) is 15.2. The Morgan fingerprint density at radius 3 is 2.87 bits per heavy atom. The molecule has 0 atom stereocenters. The summed E-state index contributed by atoms with van der Waals surface area (Å²) >= 11 is 0. The second-order valence-electron chi connectivity index (χ2n) is 6.49. The molecule has 0 aromatic carbocycles. The fourth-order valence-corrected chi connectivity index (χ4v) is 2.26. The molecule has 2 N–H and O–H groups in total. The average molecular weight is 312 g/mol. The normalized spacial score (nSPS) is 11.8. The van der Waals surface area contributed by atoms with Crippen LogP contribution < -0.4 is 11.0 Å². The minimum Gasteiger partial charge on any atom is -0.367 e. The first-order chi connectivity index (χ1) is 10.9. The number of pyridine rings is 1. The Labute approximate surface area is 133 Å². The summed E-state index contributed by atoms with van der Waals surface area (Å²) in [5.41, 5.74) is 2.06. The van der Waals surface area contributed by atoms with Gasteiger partial charge in [0, 0.05) is 30.6 Å². The highest BCUT2D eigenvalue weighted by molar-refractivity contribution is 5.62. The number of nitrogens with one attached hydrogen (secondary N) is 2. The van der Waals surface area contributed by atoms with Gasteiger partial charge >= 0.3 is 5.69 Å². The molecule has 0 saturated heterocycles. The van der Waals surface area contributed by atoms with Gasteiger partial charge in [-0.1, -0.05) is 26.8 Å². The van der Waals surface area contributed by atoms with Crippen LogP contribution in [0.1, 0.15) is 32.0 Å². The van der Waals surface area contributed by atoms with Gasteiger partial charge in [0.1, 0.15) is 0 Å². The first-order valence-electron chi connectivity index (χ1n) is 7.56. The predicted molar refractivity (Wildman–Crippen MR) is 88.7 cm³/mol. The number of aromatic amines is 1. The fourth-order valence-electron chi connectivity index (χ4n) is 2.26. The Balaban J connectivity index is 1.88. The van der Waals surface area contributed by atoms with Crippen LogP contribution in [0.15, 0.2) is 35.5 Å². The van der Waals surface area contributed by atoms with E-state index in [1.54, 1.807) is 12.4 Å². The Kier molecular flexibility index (Phi) is 3.85. The topological polar surface area (TPSA) is 88.0 Å². The summed E-state index contributed by atoms with van der Waals surface area (Å²) in [5.74, 6) is 0.611. The molecule has 0 unspecified atom stereocenters. The van der Waals surface area contributed by atoms with Crippen LogP contribution in [0.3, 0.4) is 0 Å². The SMILES string of the molecule is CC(C)(C)c1cn2c(=O)[nH]nc2c(NCCc2cccnc2)n1. The van der Waals surface area contributed by atoms with Crippen LogP contribution in [-0.2, 0) is 11.8 Å². The average Bonchev–Trinajstić information content (AvgIpc) is 2.89. The number of anilines is 1. The van der Waals surface area contributed by atoms with Gasteiger partial charge in [0.2, 0.25) is 5.65 Å². The van der Waals surface area contributed by atoms with Crippen LogP contribution >= 0.6 is 0 Å². The van der Waals surface area contributed by atoms with Crippen LogP contribution in [0, 0.1) is 0 Å². The third kappa shape index (κ3) is 3.23. The molecule has 0 saturated carbocycles. The summed E-state index contributed by atoms with van der Waals surface area (Å²) in [7, 11) is 0. The first-order valence-corrected chi connectivity index (χ1v) is 7.56. The molecule has 7 heteroatoms. The molecule has 3 rings (SSSR count). The number of hydrogen-bond donors (Lipinski definition) is 2. The van der Waals surface area contributed by atoms with Crippen LogP contribution in [0.2, 0.25) is 0 Å². The summed E-state index contributed by atoms with van der Waals surface area (Å²) in [6.07, 6.45) is 6.16. The Hall–Kier alpha value is -2.70. The van der Waals surface area contributed by atoms with E-state index in [1.807, 2.05) is 18.3 Å². The maximum absolute atomic E-state index is 11.9. The van der Waals surface area contributed by atoms with Crippen molar-refractivity contribution in [2.45, 2.75) is 32.6 Å². The number of rotatable bonds is 4.